The molecule has 0 bridgehead atoms. The van der Waals surface area contributed by atoms with Crippen LogP contribution in [-0.2, 0) is 0 Å². The van der Waals surface area contributed by atoms with Crippen LogP contribution in [0.5, 0.6) is 0 Å². The predicted molar refractivity (Wildman–Crippen MR) is 90.8 cm³/mol. The summed E-state index contributed by atoms with van der Waals surface area (Å²) < 4.78 is 0. The minimum absolute atomic E-state index is 0.385. The maximum absolute atomic E-state index is 6.10. The van der Waals surface area contributed by atoms with Crippen LogP contribution < -0.4 is 10.2 Å². The number of hydrogen-bond acceptors (Lipinski definition) is 2. The molecule has 0 amide bonds. The molecule has 0 aromatic heterocycles. The molecule has 20 heavy (non-hydrogen) atoms. The SMILES string of the molecule is Cc1ccc(Cl)cc1N1CCN(C(=S)NC(C)C)CC1. The first-order valence-corrected chi connectivity index (χ1v) is 7.82. The van der Waals surface area contributed by atoms with Crippen molar-refractivity contribution in [3.05, 3.63) is 28.8 Å². The second-order valence-corrected chi connectivity index (χ2v) is 6.33. The van der Waals surface area contributed by atoms with E-state index in [1.165, 1.54) is 11.3 Å². The number of benzene rings is 1. The monoisotopic (exact) mass is 311 g/mol. The quantitative estimate of drug-likeness (QED) is 0.846. The lowest BCUT2D eigenvalue weighted by molar-refractivity contribution is 0.377. The molecule has 1 aromatic carbocycles. The summed E-state index contributed by atoms with van der Waals surface area (Å²) in [4.78, 5) is 4.63. The van der Waals surface area contributed by atoms with Crippen LogP contribution in [-0.4, -0.2) is 42.2 Å². The van der Waals surface area contributed by atoms with Crippen LogP contribution >= 0.6 is 23.8 Å². The molecule has 110 valence electrons. The van der Waals surface area contributed by atoms with Gasteiger partial charge >= 0.3 is 0 Å². The summed E-state index contributed by atoms with van der Waals surface area (Å²) >= 11 is 11.5. The first-order valence-electron chi connectivity index (χ1n) is 7.04. The lowest BCUT2D eigenvalue weighted by Crippen LogP contribution is -2.52. The molecule has 1 aliphatic rings. The Bertz CT molecular complexity index is 482. The van der Waals surface area contributed by atoms with Crippen molar-refractivity contribution < 1.29 is 0 Å². The fourth-order valence-corrected chi connectivity index (χ4v) is 3.00. The molecule has 1 saturated heterocycles. The predicted octanol–water partition coefficient (Wildman–Crippen LogP) is 3.05. The highest BCUT2D eigenvalue weighted by Gasteiger charge is 2.20. The highest BCUT2D eigenvalue weighted by molar-refractivity contribution is 7.80. The number of piperazine rings is 1. The van der Waals surface area contributed by atoms with E-state index in [9.17, 15) is 0 Å². The van der Waals surface area contributed by atoms with Gasteiger partial charge in [0.25, 0.3) is 0 Å². The van der Waals surface area contributed by atoms with Gasteiger partial charge in [-0.15, -0.1) is 0 Å². The van der Waals surface area contributed by atoms with E-state index < -0.39 is 0 Å². The summed E-state index contributed by atoms with van der Waals surface area (Å²) in [7, 11) is 0. The molecule has 5 heteroatoms. The zero-order chi connectivity index (χ0) is 14.7. The summed E-state index contributed by atoms with van der Waals surface area (Å²) in [6.07, 6.45) is 0. The van der Waals surface area contributed by atoms with Gasteiger partial charge in [0.15, 0.2) is 5.11 Å². The lowest BCUT2D eigenvalue weighted by Gasteiger charge is -2.38. The molecule has 3 nitrogen and oxygen atoms in total. The van der Waals surface area contributed by atoms with Gasteiger partial charge in [-0.2, -0.15) is 0 Å². The Morgan fingerprint density at radius 1 is 1.25 bits per heavy atom. The minimum atomic E-state index is 0.385. The highest BCUT2D eigenvalue weighted by Crippen LogP contribution is 2.25. The third kappa shape index (κ3) is 3.76. The van der Waals surface area contributed by atoms with Crippen molar-refractivity contribution in [1.82, 2.24) is 10.2 Å². The molecular weight excluding hydrogens is 290 g/mol. The number of aryl methyl sites for hydroxylation is 1. The van der Waals surface area contributed by atoms with Crippen molar-refractivity contribution in [2.75, 3.05) is 31.1 Å². The molecule has 0 aliphatic carbocycles. The van der Waals surface area contributed by atoms with Gasteiger partial charge in [0, 0.05) is 42.9 Å². The molecule has 1 aromatic rings. The van der Waals surface area contributed by atoms with Crippen LogP contribution in [0.25, 0.3) is 0 Å². The second-order valence-electron chi connectivity index (χ2n) is 5.51. The number of hydrogen-bond donors (Lipinski definition) is 1. The van der Waals surface area contributed by atoms with E-state index in [4.69, 9.17) is 23.8 Å². The van der Waals surface area contributed by atoms with Crippen molar-refractivity contribution in [1.29, 1.82) is 0 Å². The second kappa shape index (κ2) is 6.64. The van der Waals surface area contributed by atoms with Crippen LogP contribution in [0.15, 0.2) is 18.2 Å². The maximum Gasteiger partial charge on any atom is 0.169 e. The third-order valence-electron chi connectivity index (χ3n) is 3.49. The van der Waals surface area contributed by atoms with Gasteiger partial charge < -0.3 is 15.1 Å². The van der Waals surface area contributed by atoms with E-state index in [-0.39, 0.29) is 0 Å². The van der Waals surface area contributed by atoms with E-state index in [0.29, 0.717) is 6.04 Å². The average Bonchev–Trinajstić information content (AvgIpc) is 2.41. The zero-order valence-corrected chi connectivity index (χ0v) is 13.9. The third-order valence-corrected chi connectivity index (χ3v) is 4.10. The lowest BCUT2D eigenvalue weighted by atomic mass is 10.1. The van der Waals surface area contributed by atoms with Gasteiger partial charge in [-0.1, -0.05) is 17.7 Å². The first-order chi connectivity index (χ1) is 9.47. The number of anilines is 1. The number of rotatable bonds is 2. The first kappa shape index (κ1) is 15.4. The Kier molecular flexibility index (Phi) is 5.11. The molecule has 1 heterocycles. The van der Waals surface area contributed by atoms with Gasteiger partial charge in [-0.25, -0.2) is 0 Å². The molecule has 0 saturated carbocycles. The fourth-order valence-electron chi connectivity index (χ4n) is 2.41. The van der Waals surface area contributed by atoms with Gasteiger partial charge in [-0.05, 0) is 50.7 Å². The van der Waals surface area contributed by atoms with Gasteiger partial charge in [-0.3, -0.25) is 0 Å². The summed E-state index contributed by atoms with van der Waals surface area (Å²) in [6.45, 7) is 10.2. The van der Waals surface area contributed by atoms with Gasteiger partial charge in [0.2, 0.25) is 0 Å². The van der Waals surface area contributed by atoms with Crippen LogP contribution in [0.4, 0.5) is 5.69 Å². The molecule has 0 unspecified atom stereocenters. The fraction of sp³-hybridized carbons (Fsp3) is 0.533. The summed E-state index contributed by atoms with van der Waals surface area (Å²) in [6, 6.07) is 6.46. The van der Waals surface area contributed by atoms with E-state index in [1.54, 1.807) is 0 Å². The zero-order valence-electron chi connectivity index (χ0n) is 12.3. The Labute approximate surface area is 131 Å². The molecular formula is C15H22ClN3S. The van der Waals surface area contributed by atoms with Crippen molar-refractivity contribution in [3.63, 3.8) is 0 Å². The van der Waals surface area contributed by atoms with E-state index in [2.05, 4.69) is 48.0 Å². The van der Waals surface area contributed by atoms with E-state index in [0.717, 1.165) is 36.3 Å². The summed E-state index contributed by atoms with van der Waals surface area (Å²) in [5, 5.41) is 4.97. The standard InChI is InChI=1S/C15H22ClN3S/c1-11(2)17-15(20)19-8-6-18(7-9-19)14-10-13(16)5-4-12(14)3/h4-5,10-11H,6-9H2,1-3H3,(H,17,20). The van der Waals surface area contributed by atoms with Crippen molar-refractivity contribution in [2.24, 2.45) is 0 Å². The summed E-state index contributed by atoms with van der Waals surface area (Å²) in [5.74, 6) is 0. The topological polar surface area (TPSA) is 18.5 Å². The van der Waals surface area contributed by atoms with Crippen LogP contribution in [0.3, 0.4) is 0 Å². The smallest absolute Gasteiger partial charge is 0.169 e. The Balaban J connectivity index is 1.97. The molecule has 0 atom stereocenters. The van der Waals surface area contributed by atoms with Crippen molar-refractivity contribution >= 4 is 34.6 Å². The van der Waals surface area contributed by atoms with E-state index >= 15 is 0 Å². The van der Waals surface area contributed by atoms with Crippen molar-refractivity contribution in [2.45, 2.75) is 26.8 Å². The molecule has 0 radical (unpaired) electrons. The Morgan fingerprint density at radius 3 is 2.50 bits per heavy atom. The van der Waals surface area contributed by atoms with Gasteiger partial charge in [0.05, 0.1) is 0 Å². The number of nitrogens with zero attached hydrogens (tertiary/aromatic N) is 2. The van der Waals surface area contributed by atoms with Crippen molar-refractivity contribution in [3.8, 4) is 0 Å². The van der Waals surface area contributed by atoms with Gasteiger partial charge in [0.1, 0.15) is 0 Å². The summed E-state index contributed by atoms with van der Waals surface area (Å²) in [5.41, 5.74) is 2.51. The number of thiocarbonyl (C=S) groups is 1. The molecule has 2 rings (SSSR count). The maximum atomic E-state index is 6.10. The molecule has 0 spiro atoms. The highest BCUT2D eigenvalue weighted by atomic mass is 35.5. The molecule has 1 aliphatic heterocycles. The Morgan fingerprint density at radius 2 is 1.90 bits per heavy atom. The largest absolute Gasteiger partial charge is 0.368 e. The van der Waals surface area contributed by atoms with Crippen LogP contribution in [0.1, 0.15) is 19.4 Å². The van der Waals surface area contributed by atoms with Crippen LogP contribution in [0.2, 0.25) is 5.02 Å². The number of nitrogens with one attached hydrogen (secondary N) is 1. The minimum Gasteiger partial charge on any atom is -0.368 e. The number of halogens is 1. The average molecular weight is 312 g/mol. The Hall–Kier alpha value is -1.00. The van der Waals surface area contributed by atoms with Crippen LogP contribution in [0, 0.1) is 6.92 Å². The normalized spacial score (nSPS) is 15.7. The molecule has 1 N–H and O–H groups in total. The van der Waals surface area contributed by atoms with E-state index in [1.807, 2.05) is 6.07 Å². The molecule has 1 fully saturated rings.